The van der Waals surface area contributed by atoms with Gasteiger partial charge in [-0.25, -0.2) is 4.68 Å². The highest BCUT2D eigenvalue weighted by molar-refractivity contribution is 6.30. The van der Waals surface area contributed by atoms with Crippen LogP contribution in [0.15, 0.2) is 24.3 Å². The van der Waals surface area contributed by atoms with Crippen LogP contribution in [0.25, 0.3) is 5.69 Å². The smallest absolute Gasteiger partial charge is 0.0649 e. The number of hydrogen-bond donors (Lipinski definition) is 1. The first-order chi connectivity index (χ1) is 12.1. The summed E-state index contributed by atoms with van der Waals surface area (Å²) in [6, 6.07) is 7.92. The molecule has 1 aromatic carbocycles. The predicted octanol–water partition coefficient (Wildman–Crippen LogP) is 3.72. The molecule has 3 heterocycles. The fraction of sp³-hybridized carbons (Fsp3) is 0.550. The van der Waals surface area contributed by atoms with E-state index in [9.17, 15) is 0 Å². The zero-order valence-electron chi connectivity index (χ0n) is 15.2. The molecule has 4 nitrogen and oxygen atoms in total. The van der Waals surface area contributed by atoms with Crippen molar-refractivity contribution in [3.63, 3.8) is 0 Å². The lowest BCUT2D eigenvalue weighted by Gasteiger charge is -2.34. The van der Waals surface area contributed by atoms with Crippen LogP contribution >= 0.6 is 11.6 Å². The van der Waals surface area contributed by atoms with Crippen molar-refractivity contribution in [3.8, 4) is 5.69 Å². The summed E-state index contributed by atoms with van der Waals surface area (Å²) in [6.07, 6.45) is 4.00. The third-order valence-electron chi connectivity index (χ3n) is 6.08. The number of halogens is 1. The zero-order valence-corrected chi connectivity index (χ0v) is 15.9. The van der Waals surface area contributed by atoms with Crippen LogP contribution in [0.4, 0.5) is 0 Å². The lowest BCUT2D eigenvalue weighted by Crippen LogP contribution is -2.38. The molecule has 0 aliphatic carbocycles. The number of nitrogens with zero attached hydrogens (tertiary/aromatic N) is 3. The standard InChI is InChI=1S/C20H27ClN4/c1-15-19(13-24-12-9-20(14-24)7-10-22-11-8-20)16(2)25(23-15)18-5-3-17(21)4-6-18/h3-6,22H,7-14H2,1-2H3. The van der Waals surface area contributed by atoms with Gasteiger partial charge < -0.3 is 5.32 Å². The van der Waals surface area contributed by atoms with Crippen LogP contribution in [0.2, 0.25) is 5.02 Å². The quantitative estimate of drug-likeness (QED) is 0.907. The summed E-state index contributed by atoms with van der Waals surface area (Å²) in [5, 5.41) is 9.06. The molecule has 1 aromatic heterocycles. The third-order valence-corrected chi connectivity index (χ3v) is 6.33. The number of hydrogen-bond acceptors (Lipinski definition) is 3. The molecule has 134 valence electrons. The molecule has 1 spiro atoms. The molecule has 2 aromatic rings. The molecule has 0 bridgehead atoms. The van der Waals surface area contributed by atoms with Crippen LogP contribution in [0.3, 0.4) is 0 Å². The summed E-state index contributed by atoms with van der Waals surface area (Å²) in [5.74, 6) is 0. The first-order valence-corrected chi connectivity index (χ1v) is 9.68. The molecule has 5 heteroatoms. The fourth-order valence-corrected chi connectivity index (χ4v) is 4.62. The molecule has 2 saturated heterocycles. The van der Waals surface area contributed by atoms with Crippen LogP contribution in [0.1, 0.15) is 36.2 Å². The molecule has 0 unspecified atom stereocenters. The number of aromatic nitrogens is 2. The summed E-state index contributed by atoms with van der Waals surface area (Å²) in [5.41, 5.74) is 5.39. The molecule has 0 radical (unpaired) electrons. The van der Waals surface area contributed by atoms with Crippen molar-refractivity contribution >= 4 is 11.6 Å². The maximum absolute atomic E-state index is 6.02. The second-order valence-corrected chi connectivity index (χ2v) is 8.18. The Labute approximate surface area is 155 Å². The van der Waals surface area contributed by atoms with E-state index in [4.69, 9.17) is 16.7 Å². The van der Waals surface area contributed by atoms with E-state index in [1.807, 2.05) is 24.3 Å². The number of piperidine rings is 1. The molecule has 2 aliphatic rings. The molecule has 1 N–H and O–H groups in total. The van der Waals surface area contributed by atoms with Crippen molar-refractivity contribution in [2.45, 2.75) is 39.7 Å². The van der Waals surface area contributed by atoms with E-state index in [0.29, 0.717) is 5.41 Å². The number of benzene rings is 1. The van der Waals surface area contributed by atoms with Crippen molar-refractivity contribution in [3.05, 3.63) is 46.2 Å². The Hall–Kier alpha value is -1.36. The highest BCUT2D eigenvalue weighted by Crippen LogP contribution is 2.39. The van der Waals surface area contributed by atoms with Crippen molar-refractivity contribution in [1.82, 2.24) is 20.0 Å². The Morgan fingerprint density at radius 2 is 1.84 bits per heavy atom. The second kappa shape index (κ2) is 6.75. The average molecular weight is 359 g/mol. The van der Waals surface area contributed by atoms with Gasteiger partial charge in [0.25, 0.3) is 0 Å². The molecule has 0 saturated carbocycles. The summed E-state index contributed by atoms with van der Waals surface area (Å²) < 4.78 is 2.05. The van der Waals surface area contributed by atoms with Crippen LogP contribution in [0, 0.1) is 19.3 Å². The maximum atomic E-state index is 6.02. The zero-order chi connectivity index (χ0) is 17.4. The van der Waals surface area contributed by atoms with E-state index in [-0.39, 0.29) is 0 Å². The average Bonchev–Trinajstić information content (AvgIpc) is 3.12. The van der Waals surface area contributed by atoms with Gasteiger partial charge in [-0.05, 0) is 82.4 Å². The second-order valence-electron chi connectivity index (χ2n) is 7.75. The van der Waals surface area contributed by atoms with Gasteiger partial charge in [-0.15, -0.1) is 0 Å². The number of rotatable bonds is 3. The van der Waals surface area contributed by atoms with Crippen LogP contribution in [0.5, 0.6) is 0 Å². The van der Waals surface area contributed by atoms with Crippen LogP contribution < -0.4 is 5.32 Å². The predicted molar refractivity (Wildman–Crippen MR) is 102 cm³/mol. The lowest BCUT2D eigenvalue weighted by atomic mass is 9.78. The molecule has 0 amide bonds. The maximum Gasteiger partial charge on any atom is 0.0649 e. The first kappa shape index (κ1) is 17.1. The summed E-state index contributed by atoms with van der Waals surface area (Å²) in [4.78, 5) is 2.63. The fourth-order valence-electron chi connectivity index (χ4n) is 4.49. The SMILES string of the molecule is Cc1nn(-c2ccc(Cl)cc2)c(C)c1CN1CCC2(CCNCC2)C1. The van der Waals surface area contributed by atoms with Gasteiger partial charge in [0, 0.05) is 29.4 Å². The van der Waals surface area contributed by atoms with Crippen molar-refractivity contribution in [2.75, 3.05) is 26.2 Å². The van der Waals surface area contributed by atoms with E-state index in [0.717, 1.165) is 22.9 Å². The van der Waals surface area contributed by atoms with E-state index >= 15 is 0 Å². The molecule has 4 rings (SSSR count). The van der Waals surface area contributed by atoms with E-state index < -0.39 is 0 Å². The summed E-state index contributed by atoms with van der Waals surface area (Å²) in [6.45, 7) is 10.1. The van der Waals surface area contributed by atoms with Gasteiger partial charge in [-0.2, -0.15) is 5.10 Å². The highest BCUT2D eigenvalue weighted by Gasteiger charge is 2.39. The van der Waals surface area contributed by atoms with Crippen molar-refractivity contribution in [1.29, 1.82) is 0 Å². The molecule has 0 atom stereocenters. The van der Waals surface area contributed by atoms with Crippen molar-refractivity contribution < 1.29 is 0 Å². The highest BCUT2D eigenvalue weighted by atomic mass is 35.5. The molecule has 2 aliphatic heterocycles. The normalized spacial score (nSPS) is 20.4. The van der Waals surface area contributed by atoms with E-state index in [1.54, 1.807) is 0 Å². The first-order valence-electron chi connectivity index (χ1n) is 9.30. The van der Waals surface area contributed by atoms with E-state index in [2.05, 4.69) is 28.7 Å². The Bertz CT molecular complexity index is 744. The molecular weight excluding hydrogens is 332 g/mol. The Morgan fingerprint density at radius 3 is 2.56 bits per heavy atom. The topological polar surface area (TPSA) is 33.1 Å². The Kier molecular flexibility index (Phi) is 4.61. The van der Waals surface area contributed by atoms with Crippen LogP contribution in [-0.2, 0) is 6.54 Å². The molecule has 2 fully saturated rings. The minimum Gasteiger partial charge on any atom is -0.317 e. The van der Waals surface area contributed by atoms with Gasteiger partial charge in [-0.1, -0.05) is 11.6 Å². The monoisotopic (exact) mass is 358 g/mol. The molecular formula is C20H27ClN4. The van der Waals surface area contributed by atoms with Gasteiger partial charge in [0.05, 0.1) is 11.4 Å². The van der Waals surface area contributed by atoms with Gasteiger partial charge in [0.2, 0.25) is 0 Å². The largest absolute Gasteiger partial charge is 0.317 e. The number of nitrogens with one attached hydrogen (secondary N) is 1. The number of likely N-dealkylation sites (tertiary alicyclic amines) is 1. The van der Waals surface area contributed by atoms with Gasteiger partial charge >= 0.3 is 0 Å². The summed E-state index contributed by atoms with van der Waals surface area (Å²) in [7, 11) is 0. The minimum atomic E-state index is 0.555. The third kappa shape index (κ3) is 3.35. The minimum absolute atomic E-state index is 0.555. The summed E-state index contributed by atoms with van der Waals surface area (Å²) >= 11 is 6.02. The molecule has 25 heavy (non-hydrogen) atoms. The van der Waals surface area contributed by atoms with Gasteiger partial charge in [0.1, 0.15) is 0 Å². The lowest BCUT2D eigenvalue weighted by molar-refractivity contribution is 0.193. The Morgan fingerprint density at radius 1 is 1.12 bits per heavy atom. The van der Waals surface area contributed by atoms with Gasteiger partial charge in [-0.3, -0.25) is 4.90 Å². The van der Waals surface area contributed by atoms with Crippen LogP contribution in [-0.4, -0.2) is 40.9 Å². The van der Waals surface area contributed by atoms with E-state index in [1.165, 1.54) is 56.7 Å². The number of aryl methyl sites for hydroxylation is 1. The Balaban J connectivity index is 1.52. The van der Waals surface area contributed by atoms with Crippen molar-refractivity contribution in [2.24, 2.45) is 5.41 Å². The van der Waals surface area contributed by atoms with Gasteiger partial charge in [0.15, 0.2) is 0 Å².